The molecule has 0 saturated heterocycles. The molecule has 0 amide bonds. The van der Waals surface area contributed by atoms with E-state index >= 15 is 0 Å². The Balaban J connectivity index is 1.91. The van der Waals surface area contributed by atoms with Gasteiger partial charge in [0.15, 0.2) is 11.2 Å². The van der Waals surface area contributed by atoms with Crippen LogP contribution in [-0.4, -0.2) is 30.9 Å². The van der Waals surface area contributed by atoms with Crippen molar-refractivity contribution >= 4 is 22.8 Å². The summed E-state index contributed by atoms with van der Waals surface area (Å²) in [4.78, 5) is 30.8. The summed E-state index contributed by atoms with van der Waals surface area (Å²) in [6, 6.07) is 6.17. The molecule has 0 radical (unpaired) electrons. The summed E-state index contributed by atoms with van der Waals surface area (Å²) in [5, 5.41) is 6.54. The van der Waals surface area contributed by atoms with Crippen molar-refractivity contribution in [3.63, 3.8) is 0 Å². The lowest BCUT2D eigenvalue weighted by atomic mass is 10.1. The Morgan fingerprint density at radius 2 is 1.71 bits per heavy atom. The number of nitrogens with zero attached hydrogens (tertiary/aromatic N) is 6. The van der Waals surface area contributed by atoms with Crippen LogP contribution in [0.15, 0.2) is 39.0 Å². The summed E-state index contributed by atoms with van der Waals surface area (Å²) in [5.74, 6) is 0.236. The number of hydrazone groups is 1. The van der Waals surface area contributed by atoms with Crippen molar-refractivity contribution < 1.29 is 4.39 Å². The van der Waals surface area contributed by atoms with Crippen LogP contribution in [0.25, 0.3) is 11.2 Å². The van der Waals surface area contributed by atoms with Crippen molar-refractivity contribution in [2.75, 3.05) is 11.6 Å². The van der Waals surface area contributed by atoms with Crippen molar-refractivity contribution in [1.82, 2.24) is 18.7 Å². The van der Waals surface area contributed by atoms with Gasteiger partial charge in [-0.2, -0.15) is 10.1 Å². The number of unbranched alkanes of at least 4 members (excludes halogenated alkanes) is 2. The molecule has 0 unspecified atom stereocenters. The Bertz CT molecular complexity index is 1250. The second kappa shape index (κ2) is 8.49. The summed E-state index contributed by atoms with van der Waals surface area (Å²) in [7, 11) is 1.64. The van der Waals surface area contributed by atoms with Gasteiger partial charge in [-0.15, -0.1) is 0 Å². The first-order valence-corrected chi connectivity index (χ1v) is 10.8. The van der Waals surface area contributed by atoms with Gasteiger partial charge >= 0.3 is 5.69 Å². The van der Waals surface area contributed by atoms with E-state index in [9.17, 15) is 14.0 Å². The molecule has 1 aromatic carbocycles. The molecule has 31 heavy (non-hydrogen) atoms. The summed E-state index contributed by atoms with van der Waals surface area (Å²) < 4.78 is 18.0. The summed E-state index contributed by atoms with van der Waals surface area (Å²) in [5.41, 5.74) is 1.56. The zero-order valence-corrected chi connectivity index (χ0v) is 18.1. The van der Waals surface area contributed by atoms with Crippen molar-refractivity contribution in [3.05, 3.63) is 56.5 Å². The molecule has 3 aromatic rings. The lowest BCUT2D eigenvalue weighted by molar-refractivity contribution is 0.565. The first kappa shape index (κ1) is 21.0. The van der Waals surface area contributed by atoms with Crippen LogP contribution < -0.4 is 16.3 Å². The van der Waals surface area contributed by atoms with Crippen LogP contribution in [0.5, 0.6) is 0 Å². The highest BCUT2D eigenvalue weighted by Crippen LogP contribution is 2.25. The van der Waals surface area contributed by atoms with Gasteiger partial charge in [0.2, 0.25) is 5.95 Å². The standard InChI is InChI=1S/C22H27FN6O2/c1-4-6-12-27-20(30)18-19(26(3)22(27)31)24-21-28(18)14-17(25-29(21)13-7-5-2)15-8-10-16(23)11-9-15/h8-11H,4-7,12-14H2,1-3H3. The lowest BCUT2D eigenvalue weighted by Gasteiger charge is -2.26. The predicted molar refractivity (Wildman–Crippen MR) is 119 cm³/mol. The van der Waals surface area contributed by atoms with E-state index in [2.05, 4.69) is 11.9 Å². The van der Waals surface area contributed by atoms with Crippen molar-refractivity contribution in [3.8, 4) is 0 Å². The van der Waals surface area contributed by atoms with Crippen LogP contribution in [0, 0.1) is 5.82 Å². The monoisotopic (exact) mass is 426 g/mol. The Labute approximate surface area is 179 Å². The summed E-state index contributed by atoms with van der Waals surface area (Å²) >= 11 is 0. The highest BCUT2D eigenvalue weighted by molar-refractivity contribution is 6.02. The van der Waals surface area contributed by atoms with Crippen LogP contribution in [0.2, 0.25) is 0 Å². The fourth-order valence-electron chi connectivity index (χ4n) is 3.84. The van der Waals surface area contributed by atoms with Crippen LogP contribution in [0.1, 0.15) is 45.1 Å². The number of hydrogen-bond donors (Lipinski definition) is 0. The normalized spacial score (nSPS) is 13.5. The Morgan fingerprint density at radius 3 is 2.39 bits per heavy atom. The molecule has 0 saturated carbocycles. The van der Waals surface area contributed by atoms with E-state index in [4.69, 9.17) is 5.10 Å². The van der Waals surface area contributed by atoms with Crippen molar-refractivity contribution in [2.45, 2.75) is 52.6 Å². The van der Waals surface area contributed by atoms with Gasteiger partial charge in [-0.3, -0.25) is 18.5 Å². The molecule has 0 spiro atoms. The van der Waals surface area contributed by atoms with Crippen LogP contribution in [0.4, 0.5) is 10.3 Å². The van der Waals surface area contributed by atoms with Gasteiger partial charge in [0, 0.05) is 20.1 Å². The van der Waals surface area contributed by atoms with Gasteiger partial charge in [-0.1, -0.05) is 38.8 Å². The molecule has 4 rings (SSSR count). The molecule has 8 nitrogen and oxygen atoms in total. The molecule has 1 aliphatic heterocycles. The van der Waals surface area contributed by atoms with E-state index in [0.29, 0.717) is 36.7 Å². The first-order chi connectivity index (χ1) is 15.0. The molecule has 3 heterocycles. The zero-order chi connectivity index (χ0) is 22.1. The van der Waals surface area contributed by atoms with Gasteiger partial charge < -0.3 is 0 Å². The molecule has 0 atom stereocenters. The van der Waals surface area contributed by atoms with Gasteiger partial charge in [-0.25, -0.2) is 14.2 Å². The van der Waals surface area contributed by atoms with E-state index < -0.39 is 0 Å². The maximum atomic E-state index is 13.4. The maximum absolute atomic E-state index is 13.4. The number of rotatable bonds is 7. The van der Waals surface area contributed by atoms with Gasteiger partial charge in [0.1, 0.15) is 5.82 Å². The molecule has 0 N–H and O–H groups in total. The van der Waals surface area contributed by atoms with Crippen LogP contribution >= 0.6 is 0 Å². The molecule has 1 aliphatic rings. The third-order valence-corrected chi connectivity index (χ3v) is 5.63. The average molecular weight is 426 g/mol. The topological polar surface area (TPSA) is 77.4 Å². The molecule has 0 aliphatic carbocycles. The SMILES string of the molecule is CCCCN1N=C(c2ccc(F)cc2)Cn2c1nc1c2c(=O)n(CCCC)c(=O)n1C. The second-order valence-corrected chi connectivity index (χ2v) is 7.85. The highest BCUT2D eigenvalue weighted by atomic mass is 19.1. The number of hydrogen-bond acceptors (Lipinski definition) is 5. The number of halogens is 1. The zero-order valence-electron chi connectivity index (χ0n) is 18.1. The predicted octanol–water partition coefficient (Wildman–Crippen LogP) is 2.86. The summed E-state index contributed by atoms with van der Waals surface area (Å²) in [6.45, 7) is 5.43. The molecular formula is C22H27FN6O2. The maximum Gasteiger partial charge on any atom is 0.332 e. The Morgan fingerprint density at radius 1 is 1.03 bits per heavy atom. The molecular weight excluding hydrogens is 399 g/mol. The Hall–Kier alpha value is -3.23. The third-order valence-electron chi connectivity index (χ3n) is 5.63. The van der Waals surface area contributed by atoms with E-state index in [-0.39, 0.29) is 17.1 Å². The lowest BCUT2D eigenvalue weighted by Crippen LogP contribution is -2.40. The molecule has 0 bridgehead atoms. The quantitative estimate of drug-likeness (QED) is 0.582. The number of aryl methyl sites for hydroxylation is 1. The minimum absolute atomic E-state index is 0.314. The van der Waals surface area contributed by atoms with Gasteiger partial charge in [0.05, 0.1) is 12.3 Å². The van der Waals surface area contributed by atoms with E-state index in [1.54, 1.807) is 24.2 Å². The van der Waals surface area contributed by atoms with Gasteiger partial charge in [-0.05, 0) is 30.5 Å². The van der Waals surface area contributed by atoms with Crippen molar-refractivity contribution in [1.29, 1.82) is 0 Å². The second-order valence-electron chi connectivity index (χ2n) is 7.85. The minimum Gasteiger partial charge on any atom is -0.297 e. The van der Waals surface area contributed by atoms with Crippen LogP contribution in [-0.2, 0) is 20.1 Å². The highest BCUT2D eigenvalue weighted by Gasteiger charge is 2.28. The van der Waals surface area contributed by atoms with Gasteiger partial charge in [0.25, 0.3) is 5.56 Å². The van der Waals surface area contributed by atoms with E-state index in [0.717, 1.165) is 37.0 Å². The van der Waals surface area contributed by atoms with Crippen molar-refractivity contribution in [2.24, 2.45) is 12.1 Å². The molecule has 9 heteroatoms. The van der Waals surface area contributed by atoms with E-state index in [1.807, 2.05) is 11.5 Å². The van der Waals surface area contributed by atoms with Crippen LogP contribution in [0.3, 0.4) is 0 Å². The molecule has 2 aromatic heterocycles. The fourth-order valence-corrected chi connectivity index (χ4v) is 3.84. The average Bonchev–Trinajstić information content (AvgIpc) is 3.16. The fraction of sp³-hybridized carbons (Fsp3) is 0.455. The molecule has 164 valence electrons. The number of fused-ring (bicyclic) bond motifs is 3. The number of aromatic nitrogens is 4. The number of imidazole rings is 1. The number of anilines is 1. The summed E-state index contributed by atoms with van der Waals surface area (Å²) in [6.07, 6.45) is 3.49. The third kappa shape index (κ3) is 3.68. The molecule has 0 fully saturated rings. The number of benzene rings is 1. The first-order valence-electron chi connectivity index (χ1n) is 10.8. The minimum atomic E-state index is -0.360. The largest absolute Gasteiger partial charge is 0.332 e. The Kier molecular flexibility index (Phi) is 5.75. The van der Waals surface area contributed by atoms with E-state index in [1.165, 1.54) is 21.3 Å². The smallest absolute Gasteiger partial charge is 0.297 e.